The lowest BCUT2D eigenvalue weighted by Crippen LogP contribution is -2.33. The normalized spacial score (nSPS) is 24.2. The Kier molecular flexibility index (Phi) is 8.13. The number of imidazole rings is 1. The van der Waals surface area contributed by atoms with Gasteiger partial charge in [0.1, 0.15) is 36.3 Å². The van der Waals surface area contributed by atoms with Crippen LogP contribution < -0.4 is 5.73 Å². The van der Waals surface area contributed by atoms with E-state index in [2.05, 4.69) is 19.3 Å². The Bertz CT molecular complexity index is 1520. The van der Waals surface area contributed by atoms with E-state index in [1.54, 1.807) is 60.7 Å². The third-order valence-electron chi connectivity index (χ3n) is 6.05. The van der Waals surface area contributed by atoms with E-state index in [4.69, 9.17) is 19.5 Å². The molecule has 1 saturated heterocycles. The first kappa shape index (κ1) is 28.5. The minimum atomic E-state index is -5.24. The number of aliphatic hydroxyl groups is 2. The van der Waals surface area contributed by atoms with E-state index < -0.39 is 52.9 Å². The molecule has 15 nitrogen and oxygen atoms in total. The van der Waals surface area contributed by atoms with Crippen LogP contribution in [0, 0.1) is 0 Å². The molecule has 1 fully saturated rings. The lowest BCUT2D eigenvalue weighted by atomic mass is 10.0. The SMILES string of the molecule is Nc1ncnc2c1ncn2[C@@H]1O[C@H](COP(=O)(O)OP(=[18O])([18OH])[18O]C(c2ccccc2)c2ccccc2)[C@@H](O)[C@H]1O. The molecule has 0 aliphatic carbocycles. The molecule has 0 amide bonds. The van der Waals surface area contributed by atoms with Gasteiger partial charge < -0.3 is 30.5 Å². The average molecular weight is 599 g/mol. The molecule has 0 saturated carbocycles. The fourth-order valence-corrected chi connectivity index (χ4v) is 6.43. The summed E-state index contributed by atoms with van der Waals surface area (Å²) in [7, 11) is -10.4. The smallest absolute Gasteiger partial charge is 0.387 e. The van der Waals surface area contributed by atoms with Crippen LogP contribution in [0.4, 0.5) is 5.82 Å². The van der Waals surface area contributed by atoms with Gasteiger partial charge in [-0.1, -0.05) is 60.7 Å². The molecule has 17 heteroatoms. The molecule has 0 bridgehead atoms. The van der Waals surface area contributed by atoms with Gasteiger partial charge in [-0.3, -0.25) is 13.6 Å². The minimum Gasteiger partial charge on any atom is -0.387 e. The van der Waals surface area contributed by atoms with Crippen molar-refractivity contribution in [2.24, 2.45) is 0 Å². The molecule has 212 valence electrons. The Labute approximate surface area is 227 Å². The number of hydrogen-bond acceptors (Lipinski definition) is 12. The van der Waals surface area contributed by atoms with E-state index in [1.807, 2.05) is 0 Å². The van der Waals surface area contributed by atoms with Crippen LogP contribution in [0.25, 0.3) is 11.2 Å². The Hall–Kier alpha value is -3.07. The van der Waals surface area contributed by atoms with Gasteiger partial charge in [-0.05, 0) is 11.1 Å². The van der Waals surface area contributed by atoms with Crippen molar-refractivity contribution in [2.75, 3.05) is 12.3 Å². The van der Waals surface area contributed by atoms with Gasteiger partial charge in [-0.25, -0.2) is 24.1 Å². The molecule has 1 aliphatic heterocycles. The third kappa shape index (κ3) is 6.14. The summed E-state index contributed by atoms with van der Waals surface area (Å²) in [5, 5.41) is 21.0. The molecule has 6 atom stereocenters. The number of aliphatic hydroxyl groups excluding tert-OH is 2. The van der Waals surface area contributed by atoms with Crippen LogP contribution >= 0.6 is 15.6 Å². The van der Waals surface area contributed by atoms with Crippen LogP contribution in [0.3, 0.4) is 0 Å². The van der Waals surface area contributed by atoms with Crippen LogP contribution in [0.5, 0.6) is 0 Å². The summed E-state index contributed by atoms with van der Waals surface area (Å²) < 4.78 is 47.0. The van der Waals surface area contributed by atoms with Gasteiger partial charge in [0.15, 0.2) is 17.7 Å². The van der Waals surface area contributed by atoms with Crippen LogP contribution in [-0.2, 0) is 27.2 Å². The summed E-state index contributed by atoms with van der Waals surface area (Å²) in [6.45, 7) is -0.799. The predicted molar refractivity (Wildman–Crippen MR) is 138 cm³/mol. The highest BCUT2D eigenvalue weighted by Gasteiger charge is 2.46. The molecule has 2 aromatic heterocycles. The van der Waals surface area contributed by atoms with Crippen LogP contribution in [0.2, 0.25) is 0 Å². The number of hydrogen-bond donors (Lipinski definition) is 5. The standard InChI is InChI=1S/C23H25N5O10P2/c24-21-17-22(26-12-25-21)28(13-27-17)23-19(30)18(29)16(36-23)11-35-39(31,32)38-40(33,34)37-20(14-7-3-1-4-8-14)15-9-5-2-6-10-15/h1-10,12-13,16,18-20,23,29-30H,11H2,(H,31,32)(H,33,34)(H2,24,25,26)/t16-,18-,19-,23-/m1/s1/i33+2,34+2,37+2. The number of fused-ring (bicyclic) bond motifs is 1. The molecule has 3 heterocycles. The summed E-state index contributed by atoms with van der Waals surface area (Å²) in [4.78, 5) is 32.5. The molecule has 2 unspecified atom stereocenters. The van der Waals surface area contributed by atoms with Crippen molar-refractivity contribution in [2.45, 2.75) is 30.6 Å². The topological polar surface area (TPSA) is 222 Å². The Morgan fingerprint density at radius 2 is 1.70 bits per heavy atom. The van der Waals surface area contributed by atoms with Crippen molar-refractivity contribution in [3.05, 3.63) is 84.4 Å². The van der Waals surface area contributed by atoms with Crippen molar-refractivity contribution in [1.29, 1.82) is 0 Å². The van der Waals surface area contributed by atoms with Crippen molar-refractivity contribution < 1.29 is 47.2 Å². The predicted octanol–water partition coefficient (Wildman–Crippen LogP) is 2.07. The number of aromatic nitrogens is 4. The third-order valence-corrected chi connectivity index (χ3v) is 8.65. The van der Waals surface area contributed by atoms with E-state index in [0.717, 1.165) is 0 Å². The lowest BCUT2D eigenvalue weighted by Gasteiger charge is -2.23. The minimum absolute atomic E-state index is 0.0902. The molecular weight excluding hydrogens is 574 g/mol. The molecule has 5 rings (SSSR count). The first-order valence-electron chi connectivity index (χ1n) is 11.8. The highest BCUT2D eigenvalue weighted by molar-refractivity contribution is 7.61. The van der Waals surface area contributed by atoms with Crippen LogP contribution in [0.15, 0.2) is 73.3 Å². The number of benzene rings is 2. The number of nitrogens with zero attached hydrogens (tertiary/aromatic N) is 4. The number of phosphoric ester groups is 2. The number of nitrogen functional groups attached to an aromatic ring is 1. The van der Waals surface area contributed by atoms with Crippen molar-refractivity contribution in [3.63, 3.8) is 0 Å². The molecule has 0 radical (unpaired) electrons. The summed E-state index contributed by atoms with van der Waals surface area (Å²) in [5.41, 5.74) is 7.20. The molecule has 6 N–H and O–H groups in total. The zero-order valence-electron chi connectivity index (χ0n) is 20.5. The first-order valence-corrected chi connectivity index (χ1v) is 14.8. The maximum atomic E-state index is 12.8. The van der Waals surface area contributed by atoms with Gasteiger partial charge in [-0.2, -0.15) is 4.31 Å². The van der Waals surface area contributed by atoms with E-state index in [0.29, 0.717) is 11.1 Å². The van der Waals surface area contributed by atoms with Gasteiger partial charge in [-0.15, -0.1) is 0 Å². The lowest BCUT2D eigenvalue weighted by molar-refractivity contribution is -0.0504. The molecule has 0 spiro atoms. The Morgan fingerprint density at radius 3 is 2.33 bits per heavy atom. The second-order valence-electron chi connectivity index (χ2n) is 8.75. The van der Waals surface area contributed by atoms with Crippen molar-refractivity contribution in [1.82, 2.24) is 19.5 Å². The molecular formula is C23H25N5O10P2. The largest absolute Gasteiger partial charge is 0.482 e. The molecule has 40 heavy (non-hydrogen) atoms. The van der Waals surface area contributed by atoms with Crippen molar-refractivity contribution >= 4 is 32.6 Å². The number of phosphoric acid groups is 2. The van der Waals surface area contributed by atoms with Gasteiger partial charge in [0.2, 0.25) is 0 Å². The van der Waals surface area contributed by atoms with Gasteiger partial charge in [0.05, 0.1) is 12.9 Å². The number of ether oxygens (including phenoxy) is 1. The highest BCUT2D eigenvalue weighted by Crippen LogP contribution is 2.62. The fourth-order valence-electron chi connectivity index (χ4n) is 4.20. The molecule has 4 aromatic rings. The van der Waals surface area contributed by atoms with E-state index in [-0.39, 0.29) is 17.0 Å². The summed E-state index contributed by atoms with van der Waals surface area (Å²) in [5.74, 6) is 0.0902. The van der Waals surface area contributed by atoms with E-state index >= 15 is 0 Å². The maximum Gasteiger partial charge on any atom is 0.482 e. The number of anilines is 1. The Morgan fingerprint density at radius 1 is 1.07 bits per heavy atom. The zero-order valence-corrected chi connectivity index (χ0v) is 22.3. The van der Waals surface area contributed by atoms with E-state index in [1.165, 1.54) is 17.2 Å². The monoisotopic (exact) mass is 599 g/mol. The second kappa shape index (κ2) is 11.4. The fraction of sp³-hybridized carbons (Fsp3) is 0.261. The van der Waals surface area contributed by atoms with Gasteiger partial charge in [0.25, 0.3) is 0 Å². The quantitative estimate of drug-likeness (QED) is 0.130. The first-order chi connectivity index (χ1) is 19.0. The van der Waals surface area contributed by atoms with Crippen LogP contribution in [-0.4, -0.2) is 64.4 Å². The van der Waals surface area contributed by atoms with Gasteiger partial charge in [0, 0.05) is 0 Å². The van der Waals surface area contributed by atoms with Gasteiger partial charge >= 0.3 is 15.6 Å². The van der Waals surface area contributed by atoms with Crippen molar-refractivity contribution in [3.8, 4) is 0 Å². The molecule has 1 aliphatic rings. The summed E-state index contributed by atoms with van der Waals surface area (Å²) in [6, 6.07) is 16.9. The van der Waals surface area contributed by atoms with E-state index in [9.17, 15) is 29.1 Å². The highest BCUT2D eigenvalue weighted by atomic mass is 31.3. The van der Waals surface area contributed by atoms with Crippen LogP contribution in [0.1, 0.15) is 23.5 Å². The molecule has 2 aromatic carbocycles. The maximum absolute atomic E-state index is 12.8. The zero-order chi connectivity index (χ0) is 28.5. The average Bonchev–Trinajstić information content (AvgIpc) is 3.48. The number of nitrogens with two attached hydrogens (primary N) is 1. The summed E-state index contributed by atoms with van der Waals surface area (Å²) in [6.07, 6.45) is -4.33. The summed E-state index contributed by atoms with van der Waals surface area (Å²) >= 11 is 0. The number of rotatable bonds is 10. The second-order valence-corrected chi connectivity index (χ2v) is 11.7. The Balaban J connectivity index is 1.26.